The van der Waals surface area contributed by atoms with Gasteiger partial charge in [-0.05, 0) is 51.4 Å². The van der Waals surface area contributed by atoms with E-state index in [0.717, 1.165) is 51.4 Å². The second kappa shape index (κ2) is 59.6. The van der Waals surface area contributed by atoms with E-state index < -0.39 is 49.5 Å². The van der Waals surface area contributed by atoms with E-state index in [1.807, 2.05) is 0 Å². The van der Waals surface area contributed by atoms with Crippen LogP contribution in [0.5, 0.6) is 0 Å². The van der Waals surface area contributed by atoms with Gasteiger partial charge in [-0.2, -0.15) is 0 Å². The molecular weight excluding hydrogens is 983 g/mol. The van der Waals surface area contributed by atoms with Gasteiger partial charge in [-0.3, -0.25) is 4.79 Å². The maximum atomic E-state index is 13.1. The molecule has 9 nitrogen and oxygen atoms in total. The summed E-state index contributed by atoms with van der Waals surface area (Å²) in [4.78, 5) is 13.1. The normalized spacial score (nSPS) is 18.7. The first-order chi connectivity index (χ1) is 38.8. The van der Waals surface area contributed by atoms with Crippen molar-refractivity contribution in [3.8, 4) is 0 Å². The molecule has 0 bridgehead atoms. The smallest absolute Gasteiger partial charge is 0.220 e. The van der Waals surface area contributed by atoms with E-state index in [1.165, 1.54) is 270 Å². The minimum absolute atomic E-state index is 0.136. The molecule has 1 amide bonds. The van der Waals surface area contributed by atoms with Crippen LogP contribution in [-0.2, 0) is 14.3 Å². The summed E-state index contributed by atoms with van der Waals surface area (Å²) in [6.45, 7) is 3.88. The highest BCUT2D eigenvalue weighted by atomic mass is 16.7. The summed E-state index contributed by atoms with van der Waals surface area (Å²) in [5.41, 5.74) is 0. The molecular formula is C70H133NO8. The van der Waals surface area contributed by atoms with Gasteiger partial charge in [0.2, 0.25) is 5.91 Å². The van der Waals surface area contributed by atoms with Crippen molar-refractivity contribution in [3.05, 3.63) is 36.5 Å². The molecule has 0 aliphatic carbocycles. The Hall–Kier alpha value is -1.59. The largest absolute Gasteiger partial charge is 0.394 e. The lowest BCUT2D eigenvalue weighted by Crippen LogP contribution is -2.60. The summed E-state index contributed by atoms with van der Waals surface area (Å²) >= 11 is 0. The van der Waals surface area contributed by atoms with Crippen LogP contribution in [0.2, 0.25) is 0 Å². The fraction of sp³-hybridized carbons (Fsp3) is 0.900. The van der Waals surface area contributed by atoms with E-state index in [4.69, 9.17) is 9.47 Å². The van der Waals surface area contributed by atoms with Crippen LogP contribution in [0.3, 0.4) is 0 Å². The molecule has 0 aromatic carbocycles. The van der Waals surface area contributed by atoms with Gasteiger partial charge in [-0.15, -0.1) is 0 Å². The standard InChI is InChI=1S/C70H133NO8/c1-3-5-7-9-11-13-15-17-19-21-23-25-27-29-31-32-34-35-37-39-41-43-45-47-49-51-53-55-57-59-64(73)63(62-78-70-69(77)68(76)67(75)65(61-72)79-70)71-66(74)60-58-56-54-52-50-48-46-44-42-40-38-36-33-30-28-26-24-22-20-18-16-14-12-10-8-6-4-2/h16,18,22,24,28,30,63-65,67-70,72-73,75-77H,3-15,17,19-21,23,25-27,29,31-62H2,1-2H3,(H,71,74)/b18-16-,24-22-,30-28-. The molecule has 466 valence electrons. The Kier molecular flexibility index (Phi) is 56.9. The van der Waals surface area contributed by atoms with E-state index in [2.05, 4.69) is 55.6 Å². The molecule has 1 aliphatic rings. The van der Waals surface area contributed by atoms with E-state index in [9.17, 15) is 30.3 Å². The predicted molar refractivity (Wildman–Crippen MR) is 337 cm³/mol. The highest BCUT2D eigenvalue weighted by Gasteiger charge is 2.44. The van der Waals surface area contributed by atoms with Crippen molar-refractivity contribution in [2.75, 3.05) is 13.2 Å². The number of ether oxygens (including phenoxy) is 2. The number of hydrogen-bond donors (Lipinski definition) is 6. The highest BCUT2D eigenvalue weighted by molar-refractivity contribution is 5.76. The molecule has 7 unspecified atom stereocenters. The second-order valence-corrected chi connectivity index (χ2v) is 24.3. The molecule has 0 radical (unpaired) electrons. The summed E-state index contributed by atoms with van der Waals surface area (Å²) < 4.78 is 11.4. The number of amides is 1. The van der Waals surface area contributed by atoms with Crippen molar-refractivity contribution in [2.45, 2.75) is 391 Å². The summed E-state index contributed by atoms with van der Waals surface area (Å²) in [6, 6.07) is -0.722. The number of aliphatic hydroxyl groups excluding tert-OH is 5. The lowest BCUT2D eigenvalue weighted by Gasteiger charge is -2.40. The molecule has 0 saturated carbocycles. The average Bonchev–Trinajstić information content (AvgIpc) is 3.47. The van der Waals surface area contributed by atoms with E-state index in [-0.39, 0.29) is 12.5 Å². The SMILES string of the molecule is CCCCCCC/C=C\C/C=C\C/C=C\CCCCCCCCCCCCCCC(=O)NC(COC1OC(CO)C(O)C(O)C1O)C(O)CCCCCCCCCCCCCCCCCCCCCCCCCCCCCCC. The van der Waals surface area contributed by atoms with Crippen LogP contribution < -0.4 is 5.32 Å². The average molecular weight is 1120 g/mol. The van der Waals surface area contributed by atoms with Crippen molar-refractivity contribution < 1.29 is 39.8 Å². The molecule has 7 atom stereocenters. The summed E-state index contributed by atoms with van der Waals surface area (Å²) in [6.07, 6.45) is 72.0. The van der Waals surface area contributed by atoms with Crippen molar-refractivity contribution >= 4 is 5.91 Å². The van der Waals surface area contributed by atoms with Gasteiger partial charge in [0, 0.05) is 6.42 Å². The van der Waals surface area contributed by atoms with Gasteiger partial charge in [0.1, 0.15) is 24.4 Å². The van der Waals surface area contributed by atoms with Gasteiger partial charge in [0.05, 0.1) is 25.4 Å². The van der Waals surface area contributed by atoms with Gasteiger partial charge in [-0.1, -0.05) is 326 Å². The van der Waals surface area contributed by atoms with E-state index in [0.29, 0.717) is 12.8 Å². The summed E-state index contributed by atoms with van der Waals surface area (Å²) in [5, 5.41) is 54.9. The van der Waals surface area contributed by atoms with E-state index >= 15 is 0 Å². The van der Waals surface area contributed by atoms with Crippen LogP contribution in [0.25, 0.3) is 0 Å². The Morgan fingerprint density at radius 1 is 0.430 bits per heavy atom. The number of unbranched alkanes of at least 4 members (excludes halogenated alkanes) is 45. The van der Waals surface area contributed by atoms with Crippen LogP contribution in [0, 0.1) is 0 Å². The number of hydrogen-bond acceptors (Lipinski definition) is 8. The predicted octanol–water partition coefficient (Wildman–Crippen LogP) is 18.6. The Balaban J connectivity index is 2.12. The van der Waals surface area contributed by atoms with Crippen molar-refractivity contribution in [1.82, 2.24) is 5.32 Å². The van der Waals surface area contributed by atoms with Crippen LogP contribution >= 0.6 is 0 Å². The Morgan fingerprint density at radius 3 is 1.10 bits per heavy atom. The van der Waals surface area contributed by atoms with Crippen molar-refractivity contribution in [3.63, 3.8) is 0 Å². The molecule has 1 saturated heterocycles. The monoisotopic (exact) mass is 1120 g/mol. The third kappa shape index (κ3) is 48.5. The van der Waals surface area contributed by atoms with Gasteiger partial charge in [-0.25, -0.2) is 0 Å². The number of carbonyl (C=O) groups is 1. The quantitative estimate of drug-likeness (QED) is 0.0261. The van der Waals surface area contributed by atoms with Gasteiger partial charge < -0.3 is 40.3 Å². The minimum Gasteiger partial charge on any atom is -0.394 e. The van der Waals surface area contributed by atoms with Gasteiger partial charge in [0.15, 0.2) is 6.29 Å². The molecule has 1 aliphatic heterocycles. The number of allylic oxidation sites excluding steroid dienone is 6. The minimum atomic E-state index is -1.55. The van der Waals surface area contributed by atoms with Crippen LogP contribution in [0.15, 0.2) is 36.5 Å². The molecule has 1 heterocycles. The first kappa shape index (κ1) is 75.4. The molecule has 6 N–H and O–H groups in total. The number of rotatable bonds is 61. The molecule has 1 rings (SSSR count). The number of carbonyl (C=O) groups excluding carboxylic acids is 1. The van der Waals surface area contributed by atoms with Crippen LogP contribution in [-0.4, -0.2) is 87.5 Å². The maximum Gasteiger partial charge on any atom is 0.220 e. The summed E-state index contributed by atoms with van der Waals surface area (Å²) in [7, 11) is 0. The second-order valence-electron chi connectivity index (χ2n) is 24.3. The molecule has 0 aromatic heterocycles. The molecule has 0 aromatic rings. The van der Waals surface area contributed by atoms with Gasteiger partial charge >= 0.3 is 0 Å². The van der Waals surface area contributed by atoms with E-state index in [1.54, 1.807) is 0 Å². The van der Waals surface area contributed by atoms with Crippen molar-refractivity contribution in [1.29, 1.82) is 0 Å². The topological polar surface area (TPSA) is 149 Å². The third-order valence-electron chi connectivity index (χ3n) is 16.7. The maximum absolute atomic E-state index is 13.1. The molecule has 79 heavy (non-hydrogen) atoms. The third-order valence-corrected chi connectivity index (χ3v) is 16.7. The first-order valence-corrected chi connectivity index (χ1v) is 34.7. The molecule has 0 spiro atoms. The van der Waals surface area contributed by atoms with Gasteiger partial charge in [0.25, 0.3) is 0 Å². The van der Waals surface area contributed by atoms with Crippen LogP contribution in [0.1, 0.15) is 348 Å². The zero-order chi connectivity index (χ0) is 57.2. The zero-order valence-corrected chi connectivity index (χ0v) is 52.2. The number of nitrogens with one attached hydrogen (secondary N) is 1. The lowest BCUT2D eigenvalue weighted by molar-refractivity contribution is -0.302. The molecule has 9 heteroatoms. The summed E-state index contributed by atoms with van der Waals surface area (Å²) in [5.74, 6) is -0.141. The fourth-order valence-corrected chi connectivity index (χ4v) is 11.3. The van der Waals surface area contributed by atoms with Crippen LogP contribution in [0.4, 0.5) is 0 Å². The first-order valence-electron chi connectivity index (χ1n) is 34.7. The Morgan fingerprint density at radius 2 is 0.747 bits per heavy atom. The fourth-order valence-electron chi connectivity index (χ4n) is 11.3. The lowest BCUT2D eigenvalue weighted by atomic mass is 9.99. The molecule has 1 fully saturated rings. The zero-order valence-electron chi connectivity index (χ0n) is 52.2. The Labute approximate surface area is 489 Å². The Bertz CT molecular complexity index is 1340. The van der Waals surface area contributed by atoms with Crippen molar-refractivity contribution in [2.24, 2.45) is 0 Å². The number of aliphatic hydroxyl groups is 5. The highest BCUT2D eigenvalue weighted by Crippen LogP contribution is 2.24.